The third kappa shape index (κ3) is 2.35. The van der Waals surface area contributed by atoms with E-state index in [-0.39, 0.29) is 0 Å². The van der Waals surface area contributed by atoms with Gasteiger partial charge in [-0.2, -0.15) is 20.5 Å². The van der Waals surface area contributed by atoms with Crippen molar-refractivity contribution in [3.05, 3.63) is 24.7 Å². The van der Waals surface area contributed by atoms with Crippen molar-refractivity contribution in [1.82, 2.24) is 35.2 Å². The van der Waals surface area contributed by atoms with Crippen molar-refractivity contribution in [2.75, 3.05) is 11.9 Å². The molecule has 0 saturated heterocycles. The number of anilines is 1. The molecule has 3 aromatic heterocycles. The van der Waals surface area contributed by atoms with Crippen LogP contribution in [0.15, 0.2) is 24.7 Å². The molecule has 0 aromatic carbocycles. The molecule has 0 atom stereocenters. The lowest BCUT2D eigenvalue weighted by Crippen LogP contribution is -2.02. The topological polar surface area (TPSA) is 97.2 Å². The number of H-pyrrole nitrogens is 1. The van der Waals surface area contributed by atoms with E-state index in [4.69, 9.17) is 0 Å². The van der Waals surface area contributed by atoms with Crippen molar-refractivity contribution >= 4 is 5.82 Å². The number of nitrogens with zero attached hydrogens (tertiary/aromatic N) is 6. The average Bonchev–Trinajstić information content (AvgIpc) is 3.09. The molecular formula is C12H14N8. The van der Waals surface area contributed by atoms with Crippen LogP contribution in [0, 0.1) is 0 Å². The molecule has 0 spiro atoms. The first kappa shape index (κ1) is 12.3. The van der Waals surface area contributed by atoms with E-state index in [9.17, 15) is 0 Å². The summed E-state index contributed by atoms with van der Waals surface area (Å²) in [5, 5.41) is 17.7. The number of aryl methyl sites for hydroxylation is 1. The molecule has 0 unspecified atom stereocenters. The third-order valence-electron chi connectivity index (χ3n) is 2.73. The maximum absolute atomic E-state index is 4.51. The van der Waals surface area contributed by atoms with Gasteiger partial charge < -0.3 is 5.32 Å². The van der Waals surface area contributed by atoms with Gasteiger partial charge >= 0.3 is 0 Å². The molecule has 102 valence electrons. The Morgan fingerprint density at radius 1 is 1.25 bits per heavy atom. The number of aromatic amines is 1. The minimum atomic E-state index is 0.524. The van der Waals surface area contributed by atoms with Gasteiger partial charge in [0.15, 0.2) is 5.82 Å². The van der Waals surface area contributed by atoms with E-state index in [1.807, 2.05) is 26.2 Å². The largest absolute Gasteiger partial charge is 0.370 e. The van der Waals surface area contributed by atoms with Crippen LogP contribution in [0.3, 0.4) is 0 Å². The highest BCUT2D eigenvalue weighted by Gasteiger charge is 2.11. The number of aromatic nitrogens is 7. The number of hydrogen-bond acceptors (Lipinski definition) is 6. The summed E-state index contributed by atoms with van der Waals surface area (Å²) in [6.07, 6.45) is 5.27. The number of hydrogen-bond donors (Lipinski definition) is 2. The molecule has 3 rings (SSSR count). The molecule has 8 heteroatoms. The summed E-state index contributed by atoms with van der Waals surface area (Å²) < 4.78 is 1.74. The van der Waals surface area contributed by atoms with Gasteiger partial charge in [-0.05, 0) is 6.92 Å². The van der Waals surface area contributed by atoms with E-state index in [1.165, 1.54) is 0 Å². The maximum atomic E-state index is 4.51. The lowest BCUT2D eigenvalue weighted by Gasteiger charge is -2.06. The van der Waals surface area contributed by atoms with E-state index in [2.05, 4.69) is 35.8 Å². The molecular weight excluding hydrogens is 256 g/mol. The molecule has 0 aliphatic carbocycles. The fourth-order valence-electron chi connectivity index (χ4n) is 1.84. The lowest BCUT2D eigenvalue weighted by molar-refractivity contribution is 0.768. The van der Waals surface area contributed by atoms with Crippen LogP contribution in [-0.4, -0.2) is 41.7 Å². The highest BCUT2D eigenvalue weighted by atomic mass is 15.3. The van der Waals surface area contributed by atoms with Crippen molar-refractivity contribution in [3.8, 4) is 22.8 Å². The van der Waals surface area contributed by atoms with Crippen LogP contribution in [-0.2, 0) is 7.05 Å². The monoisotopic (exact) mass is 270 g/mol. The Morgan fingerprint density at radius 3 is 2.80 bits per heavy atom. The lowest BCUT2D eigenvalue weighted by atomic mass is 10.2. The minimum absolute atomic E-state index is 0.524. The Balaban J connectivity index is 2.09. The van der Waals surface area contributed by atoms with E-state index in [0.717, 1.165) is 23.6 Å². The van der Waals surface area contributed by atoms with Crippen LogP contribution in [0.25, 0.3) is 22.8 Å². The summed E-state index contributed by atoms with van der Waals surface area (Å²) in [7, 11) is 1.87. The van der Waals surface area contributed by atoms with E-state index in [0.29, 0.717) is 11.5 Å². The van der Waals surface area contributed by atoms with Gasteiger partial charge in [-0.3, -0.25) is 4.68 Å². The molecule has 0 aliphatic rings. The van der Waals surface area contributed by atoms with Crippen LogP contribution in [0.4, 0.5) is 5.82 Å². The summed E-state index contributed by atoms with van der Waals surface area (Å²) in [6.45, 7) is 2.80. The highest BCUT2D eigenvalue weighted by Crippen LogP contribution is 2.22. The van der Waals surface area contributed by atoms with Crippen molar-refractivity contribution in [2.24, 2.45) is 7.05 Å². The van der Waals surface area contributed by atoms with E-state index < -0.39 is 0 Å². The fraction of sp³-hybridized carbons (Fsp3) is 0.250. The normalized spacial score (nSPS) is 10.7. The molecule has 8 nitrogen and oxygen atoms in total. The van der Waals surface area contributed by atoms with Crippen molar-refractivity contribution in [3.63, 3.8) is 0 Å². The average molecular weight is 270 g/mol. The van der Waals surface area contributed by atoms with Crippen LogP contribution in [0.5, 0.6) is 0 Å². The first-order chi connectivity index (χ1) is 9.76. The van der Waals surface area contributed by atoms with Gasteiger partial charge in [0, 0.05) is 31.4 Å². The van der Waals surface area contributed by atoms with Gasteiger partial charge in [0.25, 0.3) is 0 Å². The fourth-order valence-corrected chi connectivity index (χ4v) is 1.84. The smallest absolute Gasteiger partial charge is 0.184 e. The molecule has 2 N–H and O–H groups in total. The Labute approximate surface area is 115 Å². The Bertz CT molecular complexity index is 700. The van der Waals surface area contributed by atoms with Crippen molar-refractivity contribution in [2.45, 2.75) is 6.92 Å². The van der Waals surface area contributed by atoms with Crippen LogP contribution in [0.2, 0.25) is 0 Å². The summed E-state index contributed by atoms with van der Waals surface area (Å²) in [5.74, 6) is 1.27. The van der Waals surface area contributed by atoms with Gasteiger partial charge in [-0.1, -0.05) is 0 Å². The third-order valence-corrected chi connectivity index (χ3v) is 2.73. The molecule has 20 heavy (non-hydrogen) atoms. The number of rotatable bonds is 4. The van der Waals surface area contributed by atoms with Crippen molar-refractivity contribution in [1.29, 1.82) is 0 Å². The quantitative estimate of drug-likeness (QED) is 0.736. The molecule has 0 amide bonds. The second-order valence-corrected chi connectivity index (χ2v) is 4.25. The summed E-state index contributed by atoms with van der Waals surface area (Å²) in [4.78, 5) is 8.94. The molecule has 0 radical (unpaired) electrons. The second kappa shape index (κ2) is 5.08. The molecule has 0 saturated carbocycles. The van der Waals surface area contributed by atoms with E-state index in [1.54, 1.807) is 17.1 Å². The molecule has 0 fully saturated rings. The van der Waals surface area contributed by atoms with Crippen LogP contribution < -0.4 is 5.32 Å². The van der Waals surface area contributed by atoms with Crippen LogP contribution >= 0.6 is 0 Å². The summed E-state index contributed by atoms with van der Waals surface area (Å²) >= 11 is 0. The summed E-state index contributed by atoms with van der Waals surface area (Å²) in [6, 6.07) is 1.89. The SMILES string of the molecule is CCNc1cc(-c2cnn(C)c2)nc(-c2cn[nH]n2)n1. The van der Waals surface area contributed by atoms with Crippen molar-refractivity contribution < 1.29 is 0 Å². The summed E-state index contributed by atoms with van der Waals surface area (Å²) in [5.41, 5.74) is 2.33. The zero-order valence-corrected chi connectivity index (χ0v) is 11.2. The Kier molecular flexibility index (Phi) is 3.12. The standard InChI is InChI=1S/C12H14N8/c1-3-13-11-4-9(8-5-15-20(2)7-8)16-12(17-11)10-6-14-19-18-10/h4-7H,3H2,1-2H3,(H,13,16,17)(H,14,18,19). The molecule has 3 heterocycles. The highest BCUT2D eigenvalue weighted by molar-refractivity contribution is 5.64. The maximum Gasteiger partial charge on any atom is 0.184 e. The first-order valence-electron chi connectivity index (χ1n) is 6.24. The van der Waals surface area contributed by atoms with Gasteiger partial charge in [-0.25, -0.2) is 9.97 Å². The predicted molar refractivity (Wildman–Crippen MR) is 73.8 cm³/mol. The van der Waals surface area contributed by atoms with Gasteiger partial charge in [0.2, 0.25) is 0 Å². The number of nitrogens with one attached hydrogen (secondary N) is 2. The zero-order valence-electron chi connectivity index (χ0n) is 11.2. The van der Waals surface area contributed by atoms with E-state index >= 15 is 0 Å². The first-order valence-corrected chi connectivity index (χ1v) is 6.24. The van der Waals surface area contributed by atoms with Gasteiger partial charge in [0.1, 0.15) is 11.5 Å². The Hall–Kier alpha value is -2.77. The minimum Gasteiger partial charge on any atom is -0.370 e. The predicted octanol–water partition coefficient (Wildman–Crippen LogP) is 1.09. The van der Waals surface area contributed by atoms with Gasteiger partial charge in [-0.15, -0.1) is 0 Å². The molecule has 0 aliphatic heterocycles. The van der Waals surface area contributed by atoms with Gasteiger partial charge in [0.05, 0.1) is 18.1 Å². The molecule has 0 bridgehead atoms. The Morgan fingerprint density at radius 2 is 2.15 bits per heavy atom. The zero-order chi connectivity index (χ0) is 13.9. The van der Waals surface area contributed by atoms with Crippen LogP contribution in [0.1, 0.15) is 6.92 Å². The molecule has 3 aromatic rings. The second-order valence-electron chi connectivity index (χ2n) is 4.25.